The zero-order chi connectivity index (χ0) is 21.1. The van der Waals surface area contributed by atoms with Crippen molar-refractivity contribution in [2.45, 2.75) is 12.8 Å². The van der Waals surface area contributed by atoms with Crippen molar-refractivity contribution in [1.29, 1.82) is 0 Å². The molecule has 0 spiro atoms. The number of hydrazine groups is 1. The second kappa shape index (κ2) is 11.1. The molecule has 0 saturated heterocycles. The molecule has 9 heteroatoms. The normalized spacial score (nSPS) is 9.83. The maximum Gasteiger partial charge on any atom is 0.306 e. The molecular formula is C20H21N3O6. The fourth-order valence-electron chi connectivity index (χ4n) is 2.16. The van der Waals surface area contributed by atoms with E-state index in [0.717, 1.165) is 0 Å². The zero-order valence-corrected chi connectivity index (χ0v) is 15.8. The predicted octanol–water partition coefficient (Wildman–Crippen LogP) is 1.42. The summed E-state index contributed by atoms with van der Waals surface area (Å²) >= 11 is 0. The van der Waals surface area contributed by atoms with Crippen molar-refractivity contribution in [2.24, 2.45) is 0 Å². The van der Waals surface area contributed by atoms with Crippen LogP contribution < -0.4 is 20.9 Å². The molecule has 0 heterocycles. The van der Waals surface area contributed by atoms with Gasteiger partial charge in [-0.25, -0.2) is 0 Å². The van der Waals surface area contributed by atoms with E-state index < -0.39 is 30.3 Å². The predicted molar refractivity (Wildman–Crippen MR) is 104 cm³/mol. The van der Waals surface area contributed by atoms with Gasteiger partial charge in [0.1, 0.15) is 5.75 Å². The highest BCUT2D eigenvalue weighted by Gasteiger charge is 2.12. The molecule has 3 N–H and O–H groups in total. The number of carbonyl (C=O) groups excluding carboxylic acids is 4. The third-order valence-corrected chi connectivity index (χ3v) is 3.65. The molecule has 152 valence electrons. The Labute approximate surface area is 167 Å². The molecule has 0 aromatic heterocycles. The zero-order valence-electron chi connectivity index (χ0n) is 15.8. The van der Waals surface area contributed by atoms with Gasteiger partial charge < -0.3 is 14.8 Å². The van der Waals surface area contributed by atoms with E-state index in [0.29, 0.717) is 17.0 Å². The van der Waals surface area contributed by atoms with Gasteiger partial charge in [0, 0.05) is 17.7 Å². The number of anilines is 1. The number of esters is 1. The third-order valence-electron chi connectivity index (χ3n) is 3.65. The first kappa shape index (κ1) is 21.4. The molecule has 2 rings (SSSR count). The number of methoxy groups -OCH3 is 1. The van der Waals surface area contributed by atoms with E-state index in [1.165, 1.54) is 7.11 Å². The van der Waals surface area contributed by atoms with Crippen LogP contribution in [0, 0.1) is 0 Å². The summed E-state index contributed by atoms with van der Waals surface area (Å²) in [7, 11) is 1.53. The van der Waals surface area contributed by atoms with Gasteiger partial charge >= 0.3 is 5.97 Å². The summed E-state index contributed by atoms with van der Waals surface area (Å²) in [6.45, 7) is -0.475. The molecule has 0 aliphatic heterocycles. The molecule has 29 heavy (non-hydrogen) atoms. The molecular weight excluding hydrogens is 378 g/mol. The third kappa shape index (κ3) is 7.71. The standard InChI is InChI=1S/C20H21N3O6/c1-28-16-9-7-15(8-10-16)21-18(25)13-29-19(26)12-11-17(24)22-23-20(27)14-5-3-2-4-6-14/h2-10H,11-13H2,1H3,(H,21,25)(H,22,24)(H,23,27). The minimum absolute atomic E-state index is 0.200. The Morgan fingerprint density at radius 1 is 0.828 bits per heavy atom. The lowest BCUT2D eigenvalue weighted by Crippen LogP contribution is -2.41. The molecule has 0 bridgehead atoms. The number of rotatable bonds is 8. The maximum absolute atomic E-state index is 11.8. The average molecular weight is 399 g/mol. The van der Waals surface area contributed by atoms with Gasteiger partial charge in [-0.15, -0.1) is 0 Å². The van der Waals surface area contributed by atoms with Crippen LogP contribution in [0.4, 0.5) is 5.69 Å². The van der Waals surface area contributed by atoms with Gasteiger partial charge in [-0.3, -0.25) is 30.0 Å². The highest BCUT2D eigenvalue weighted by molar-refractivity contribution is 5.95. The lowest BCUT2D eigenvalue weighted by Gasteiger charge is -2.08. The summed E-state index contributed by atoms with van der Waals surface area (Å²) in [6.07, 6.45) is -0.434. The van der Waals surface area contributed by atoms with Crippen molar-refractivity contribution >= 4 is 29.4 Å². The second-order valence-corrected chi connectivity index (χ2v) is 5.81. The molecule has 9 nitrogen and oxygen atoms in total. The van der Waals surface area contributed by atoms with Crippen molar-refractivity contribution in [3.8, 4) is 5.75 Å². The van der Waals surface area contributed by atoms with Crippen molar-refractivity contribution in [3.63, 3.8) is 0 Å². The number of hydrogen-bond acceptors (Lipinski definition) is 6. The van der Waals surface area contributed by atoms with Crippen molar-refractivity contribution < 1.29 is 28.7 Å². The molecule has 2 aromatic carbocycles. The fraction of sp³-hybridized carbons (Fsp3) is 0.200. The summed E-state index contributed by atoms with van der Waals surface area (Å²) in [6, 6.07) is 15.0. The smallest absolute Gasteiger partial charge is 0.306 e. The fourth-order valence-corrected chi connectivity index (χ4v) is 2.16. The number of carbonyl (C=O) groups is 4. The molecule has 0 radical (unpaired) electrons. The Hall–Kier alpha value is -3.88. The van der Waals surface area contributed by atoms with Crippen LogP contribution in [0.5, 0.6) is 5.75 Å². The van der Waals surface area contributed by atoms with Gasteiger partial charge in [0.2, 0.25) is 5.91 Å². The Balaban J connectivity index is 1.62. The SMILES string of the molecule is COc1ccc(NC(=O)COC(=O)CCC(=O)NNC(=O)c2ccccc2)cc1. The largest absolute Gasteiger partial charge is 0.497 e. The lowest BCUT2D eigenvalue weighted by atomic mass is 10.2. The van der Waals surface area contributed by atoms with Gasteiger partial charge in [0.15, 0.2) is 6.61 Å². The highest BCUT2D eigenvalue weighted by Crippen LogP contribution is 2.14. The van der Waals surface area contributed by atoms with Gasteiger partial charge in [0.05, 0.1) is 13.5 Å². The Morgan fingerprint density at radius 3 is 2.17 bits per heavy atom. The van der Waals surface area contributed by atoms with E-state index in [-0.39, 0.29) is 12.8 Å². The van der Waals surface area contributed by atoms with Crippen LogP contribution in [0.25, 0.3) is 0 Å². The van der Waals surface area contributed by atoms with Gasteiger partial charge in [-0.1, -0.05) is 18.2 Å². The Bertz CT molecular complexity index is 852. The van der Waals surface area contributed by atoms with Crippen LogP contribution in [0.15, 0.2) is 54.6 Å². The van der Waals surface area contributed by atoms with Crippen LogP contribution in [0.3, 0.4) is 0 Å². The van der Waals surface area contributed by atoms with E-state index in [4.69, 9.17) is 9.47 Å². The van der Waals surface area contributed by atoms with E-state index >= 15 is 0 Å². The van der Waals surface area contributed by atoms with E-state index in [2.05, 4.69) is 16.2 Å². The molecule has 0 fully saturated rings. The molecule has 0 unspecified atom stereocenters. The van der Waals surface area contributed by atoms with Crippen molar-refractivity contribution in [2.75, 3.05) is 19.0 Å². The van der Waals surface area contributed by atoms with Gasteiger partial charge in [0.25, 0.3) is 11.8 Å². The monoisotopic (exact) mass is 399 g/mol. The Morgan fingerprint density at radius 2 is 1.52 bits per heavy atom. The van der Waals surface area contributed by atoms with Crippen molar-refractivity contribution in [1.82, 2.24) is 10.9 Å². The van der Waals surface area contributed by atoms with Crippen LogP contribution in [0.2, 0.25) is 0 Å². The maximum atomic E-state index is 11.8. The summed E-state index contributed by atoms with van der Waals surface area (Å²) in [5.74, 6) is -1.61. The van der Waals surface area contributed by atoms with Gasteiger partial charge in [-0.2, -0.15) is 0 Å². The first-order valence-corrected chi connectivity index (χ1v) is 8.71. The number of amides is 3. The molecule has 0 aliphatic rings. The molecule has 0 aliphatic carbocycles. The number of benzene rings is 2. The van der Waals surface area contributed by atoms with Crippen LogP contribution >= 0.6 is 0 Å². The second-order valence-electron chi connectivity index (χ2n) is 5.81. The number of ether oxygens (including phenoxy) is 2. The quantitative estimate of drug-likeness (QED) is 0.456. The lowest BCUT2D eigenvalue weighted by molar-refractivity contribution is -0.148. The van der Waals surface area contributed by atoms with Gasteiger partial charge in [-0.05, 0) is 36.4 Å². The summed E-state index contributed by atoms with van der Waals surface area (Å²) in [5.41, 5.74) is 5.36. The highest BCUT2D eigenvalue weighted by atomic mass is 16.5. The van der Waals surface area contributed by atoms with Crippen LogP contribution in [-0.2, 0) is 19.1 Å². The van der Waals surface area contributed by atoms with Crippen molar-refractivity contribution in [3.05, 3.63) is 60.2 Å². The minimum Gasteiger partial charge on any atom is -0.497 e. The van der Waals surface area contributed by atoms with E-state index in [1.54, 1.807) is 54.6 Å². The number of hydrogen-bond donors (Lipinski definition) is 3. The Kier molecular flexibility index (Phi) is 8.18. The van der Waals surface area contributed by atoms with E-state index in [9.17, 15) is 19.2 Å². The molecule has 0 atom stereocenters. The summed E-state index contributed by atoms with van der Waals surface area (Å²) in [5, 5.41) is 2.56. The number of nitrogens with one attached hydrogen (secondary N) is 3. The molecule has 3 amide bonds. The van der Waals surface area contributed by atoms with Crippen LogP contribution in [0.1, 0.15) is 23.2 Å². The summed E-state index contributed by atoms with van der Waals surface area (Å²) in [4.78, 5) is 46.9. The first-order valence-electron chi connectivity index (χ1n) is 8.71. The molecule has 0 saturated carbocycles. The molecule has 2 aromatic rings. The summed E-state index contributed by atoms with van der Waals surface area (Å²) < 4.78 is 9.84. The van der Waals surface area contributed by atoms with E-state index in [1.807, 2.05) is 0 Å². The minimum atomic E-state index is -0.709. The first-order chi connectivity index (χ1) is 14.0. The van der Waals surface area contributed by atoms with Crippen LogP contribution in [-0.4, -0.2) is 37.4 Å². The average Bonchev–Trinajstić information content (AvgIpc) is 2.75. The topological polar surface area (TPSA) is 123 Å².